The number of thiophene rings is 1. The number of carbonyl (C=O) groups is 1. The largest absolute Gasteiger partial charge is 0.322 e. The van der Waals surface area contributed by atoms with Crippen LogP contribution >= 0.6 is 33.9 Å². The zero-order valence-electron chi connectivity index (χ0n) is 11.1. The van der Waals surface area contributed by atoms with Crippen LogP contribution in [0.1, 0.15) is 17.3 Å². The standard InChI is InChI=1S/C13H13IN2O3S2/c1-2-21(18,19)16-11-5-3-10(4-6-11)15-13(17)9-7-12(14)20-8-9/h3-8,16H,2H2,1H3,(H,15,17). The Kier molecular flexibility index (Phi) is 5.22. The van der Waals surface area contributed by atoms with Gasteiger partial charge in [0.15, 0.2) is 0 Å². The molecule has 0 atom stereocenters. The molecule has 0 aliphatic heterocycles. The van der Waals surface area contributed by atoms with Gasteiger partial charge in [-0.15, -0.1) is 11.3 Å². The summed E-state index contributed by atoms with van der Waals surface area (Å²) in [6.07, 6.45) is 0. The van der Waals surface area contributed by atoms with Crippen molar-refractivity contribution in [1.82, 2.24) is 0 Å². The van der Waals surface area contributed by atoms with E-state index in [9.17, 15) is 13.2 Å². The monoisotopic (exact) mass is 436 g/mol. The molecule has 0 unspecified atom stereocenters. The maximum atomic E-state index is 12.0. The van der Waals surface area contributed by atoms with E-state index < -0.39 is 10.0 Å². The second kappa shape index (κ2) is 6.75. The van der Waals surface area contributed by atoms with Crippen LogP contribution in [-0.2, 0) is 10.0 Å². The van der Waals surface area contributed by atoms with Crippen LogP contribution in [0.3, 0.4) is 0 Å². The van der Waals surface area contributed by atoms with E-state index in [1.165, 1.54) is 11.3 Å². The highest BCUT2D eigenvalue weighted by Crippen LogP contribution is 2.19. The Hall–Kier alpha value is -1.13. The number of hydrogen-bond donors (Lipinski definition) is 2. The maximum absolute atomic E-state index is 12.0. The summed E-state index contributed by atoms with van der Waals surface area (Å²) in [5.41, 5.74) is 1.70. The first-order valence-electron chi connectivity index (χ1n) is 6.05. The average molecular weight is 436 g/mol. The number of nitrogens with one attached hydrogen (secondary N) is 2. The molecule has 0 fully saturated rings. The smallest absolute Gasteiger partial charge is 0.256 e. The molecule has 1 heterocycles. The lowest BCUT2D eigenvalue weighted by atomic mass is 10.2. The highest BCUT2D eigenvalue weighted by Gasteiger charge is 2.09. The number of benzene rings is 1. The Morgan fingerprint density at radius 2 is 1.86 bits per heavy atom. The van der Waals surface area contributed by atoms with Crippen molar-refractivity contribution in [2.75, 3.05) is 15.8 Å². The Morgan fingerprint density at radius 3 is 2.38 bits per heavy atom. The number of sulfonamides is 1. The topological polar surface area (TPSA) is 75.3 Å². The van der Waals surface area contributed by atoms with Gasteiger partial charge in [-0.25, -0.2) is 8.42 Å². The van der Waals surface area contributed by atoms with E-state index in [4.69, 9.17) is 0 Å². The normalized spacial score (nSPS) is 11.1. The van der Waals surface area contributed by atoms with Crippen molar-refractivity contribution >= 4 is 61.2 Å². The van der Waals surface area contributed by atoms with Gasteiger partial charge in [-0.3, -0.25) is 9.52 Å². The summed E-state index contributed by atoms with van der Waals surface area (Å²) in [5.74, 6) is -0.168. The molecule has 0 saturated heterocycles. The van der Waals surface area contributed by atoms with Gasteiger partial charge in [0.05, 0.1) is 14.2 Å². The summed E-state index contributed by atoms with van der Waals surface area (Å²) < 4.78 is 26.4. The van der Waals surface area contributed by atoms with Crippen LogP contribution in [0.5, 0.6) is 0 Å². The number of amides is 1. The lowest BCUT2D eigenvalue weighted by Crippen LogP contribution is -2.14. The molecule has 21 heavy (non-hydrogen) atoms. The van der Waals surface area contributed by atoms with Crippen LogP contribution in [0.4, 0.5) is 11.4 Å². The zero-order chi connectivity index (χ0) is 15.5. The molecule has 1 aromatic heterocycles. The molecule has 1 aromatic carbocycles. The summed E-state index contributed by atoms with van der Waals surface area (Å²) in [6, 6.07) is 8.34. The van der Waals surface area contributed by atoms with Crippen molar-refractivity contribution in [3.8, 4) is 0 Å². The van der Waals surface area contributed by atoms with Gasteiger partial charge in [-0.1, -0.05) is 0 Å². The quantitative estimate of drug-likeness (QED) is 0.706. The van der Waals surface area contributed by atoms with Crippen LogP contribution in [-0.4, -0.2) is 20.1 Å². The Labute approximate surface area is 141 Å². The average Bonchev–Trinajstić information content (AvgIpc) is 2.87. The van der Waals surface area contributed by atoms with E-state index in [1.54, 1.807) is 36.6 Å². The van der Waals surface area contributed by atoms with Crippen molar-refractivity contribution < 1.29 is 13.2 Å². The Morgan fingerprint density at radius 1 is 1.24 bits per heavy atom. The van der Waals surface area contributed by atoms with Gasteiger partial charge in [-0.2, -0.15) is 0 Å². The van der Waals surface area contributed by atoms with E-state index in [-0.39, 0.29) is 11.7 Å². The Balaban J connectivity index is 2.04. The van der Waals surface area contributed by atoms with Crippen molar-refractivity contribution in [2.45, 2.75) is 6.92 Å². The third kappa shape index (κ3) is 4.68. The predicted molar refractivity (Wildman–Crippen MR) is 94.5 cm³/mol. The molecule has 8 heteroatoms. The molecule has 112 valence electrons. The van der Waals surface area contributed by atoms with E-state index in [0.29, 0.717) is 16.9 Å². The van der Waals surface area contributed by atoms with Crippen LogP contribution < -0.4 is 10.0 Å². The van der Waals surface area contributed by atoms with Gasteiger partial charge in [0.2, 0.25) is 10.0 Å². The molecule has 0 aliphatic carbocycles. The summed E-state index contributed by atoms with van der Waals surface area (Å²) in [6.45, 7) is 1.57. The molecular formula is C13H13IN2O3S2. The third-order valence-corrected chi connectivity index (χ3v) is 5.72. The van der Waals surface area contributed by atoms with E-state index in [0.717, 1.165) is 2.88 Å². The fourth-order valence-electron chi connectivity index (χ4n) is 1.51. The molecule has 5 nitrogen and oxygen atoms in total. The van der Waals surface area contributed by atoms with Crippen LogP contribution in [0.2, 0.25) is 0 Å². The SMILES string of the molecule is CCS(=O)(=O)Nc1ccc(NC(=O)c2csc(I)c2)cc1. The zero-order valence-corrected chi connectivity index (χ0v) is 14.9. The molecular weight excluding hydrogens is 423 g/mol. The van der Waals surface area contributed by atoms with Crippen LogP contribution in [0, 0.1) is 2.88 Å². The summed E-state index contributed by atoms with van der Waals surface area (Å²) in [4.78, 5) is 12.0. The first-order chi connectivity index (χ1) is 9.89. The lowest BCUT2D eigenvalue weighted by Gasteiger charge is -2.08. The minimum Gasteiger partial charge on any atom is -0.322 e. The third-order valence-electron chi connectivity index (χ3n) is 2.63. The van der Waals surface area contributed by atoms with Gasteiger partial charge >= 0.3 is 0 Å². The number of anilines is 2. The first kappa shape index (κ1) is 16.2. The van der Waals surface area contributed by atoms with Crippen molar-refractivity contribution in [3.05, 3.63) is 44.2 Å². The van der Waals surface area contributed by atoms with Crippen LogP contribution in [0.25, 0.3) is 0 Å². The van der Waals surface area contributed by atoms with Crippen molar-refractivity contribution in [2.24, 2.45) is 0 Å². The van der Waals surface area contributed by atoms with Gasteiger partial charge in [0.1, 0.15) is 0 Å². The molecule has 2 aromatic rings. The van der Waals surface area contributed by atoms with Crippen LogP contribution in [0.15, 0.2) is 35.7 Å². The maximum Gasteiger partial charge on any atom is 0.256 e. The molecule has 0 bridgehead atoms. The summed E-state index contributed by atoms with van der Waals surface area (Å²) in [7, 11) is -3.29. The minimum absolute atomic E-state index is 0.0161. The van der Waals surface area contributed by atoms with Gasteiger partial charge in [0, 0.05) is 16.8 Å². The van der Waals surface area contributed by atoms with E-state index >= 15 is 0 Å². The molecule has 0 radical (unpaired) electrons. The summed E-state index contributed by atoms with van der Waals surface area (Å²) >= 11 is 3.66. The molecule has 0 aliphatic rings. The number of hydrogen-bond acceptors (Lipinski definition) is 4. The van der Waals surface area contributed by atoms with Gasteiger partial charge < -0.3 is 5.32 Å². The number of rotatable bonds is 5. The number of halogens is 1. The van der Waals surface area contributed by atoms with Crippen molar-refractivity contribution in [3.63, 3.8) is 0 Å². The molecule has 2 N–H and O–H groups in total. The molecule has 0 spiro atoms. The summed E-state index contributed by atoms with van der Waals surface area (Å²) in [5, 5.41) is 4.56. The highest BCUT2D eigenvalue weighted by molar-refractivity contribution is 14.1. The second-order valence-electron chi connectivity index (χ2n) is 4.18. The van der Waals surface area contributed by atoms with Gasteiger partial charge in [-0.05, 0) is 59.8 Å². The lowest BCUT2D eigenvalue weighted by molar-refractivity contribution is 0.102. The molecule has 1 amide bonds. The fraction of sp³-hybridized carbons (Fsp3) is 0.154. The predicted octanol–water partition coefficient (Wildman–Crippen LogP) is 3.37. The van der Waals surface area contributed by atoms with Crippen molar-refractivity contribution in [1.29, 1.82) is 0 Å². The second-order valence-corrected chi connectivity index (χ2v) is 8.99. The molecule has 2 rings (SSSR count). The highest BCUT2D eigenvalue weighted by atomic mass is 127. The van der Waals surface area contributed by atoms with E-state index in [1.807, 2.05) is 6.07 Å². The molecule has 0 saturated carbocycles. The van der Waals surface area contributed by atoms with Gasteiger partial charge in [0.25, 0.3) is 5.91 Å². The minimum atomic E-state index is -3.29. The first-order valence-corrected chi connectivity index (χ1v) is 9.66. The fourth-order valence-corrected chi connectivity index (χ4v) is 3.47. The number of carbonyl (C=O) groups excluding carboxylic acids is 1. The Bertz CT molecular complexity index is 739. The van der Waals surface area contributed by atoms with E-state index in [2.05, 4.69) is 32.6 Å².